The molecule has 0 saturated carbocycles. The standard InChI is InChI=1S/C14H27BO3/c1-5-14(4,11-8-9-13(2)3)10-6-7-12-18-15(16)17/h5,9,16-17H,1,6-8,10-12H2,2-4H3. The molecule has 0 aromatic carbocycles. The van der Waals surface area contributed by atoms with Crippen LogP contribution in [0.1, 0.15) is 52.9 Å². The highest BCUT2D eigenvalue weighted by Crippen LogP contribution is 2.31. The van der Waals surface area contributed by atoms with E-state index in [1.807, 2.05) is 6.08 Å². The maximum atomic E-state index is 8.54. The summed E-state index contributed by atoms with van der Waals surface area (Å²) in [7, 11) is -1.64. The zero-order chi connectivity index (χ0) is 14.0. The monoisotopic (exact) mass is 254 g/mol. The molecule has 0 saturated heterocycles. The number of allylic oxidation sites excluding steroid dienone is 3. The molecule has 4 heteroatoms. The average Bonchev–Trinajstić information content (AvgIpc) is 2.27. The van der Waals surface area contributed by atoms with Crippen molar-refractivity contribution in [1.29, 1.82) is 0 Å². The predicted molar refractivity (Wildman–Crippen MR) is 77.0 cm³/mol. The molecule has 104 valence electrons. The Hall–Kier alpha value is -0.575. The molecule has 0 aliphatic carbocycles. The molecule has 0 spiro atoms. The van der Waals surface area contributed by atoms with Crippen LogP contribution in [0.25, 0.3) is 0 Å². The molecule has 0 aromatic heterocycles. The van der Waals surface area contributed by atoms with Gasteiger partial charge in [0.05, 0.1) is 0 Å². The van der Waals surface area contributed by atoms with E-state index >= 15 is 0 Å². The summed E-state index contributed by atoms with van der Waals surface area (Å²) in [4.78, 5) is 0. The quantitative estimate of drug-likeness (QED) is 0.358. The van der Waals surface area contributed by atoms with Crippen LogP contribution in [-0.4, -0.2) is 24.0 Å². The number of rotatable bonds is 10. The fraction of sp³-hybridized carbons (Fsp3) is 0.714. The molecule has 0 heterocycles. The first kappa shape index (κ1) is 17.4. The molecule has 2 N–H and O–H groups in total. The van der Waals surface area contributed by atoms with E-state index in [4.69, 9.17) is 10.0 Å². The number of hydrogen-bond donors (Lipinski definition) is 2. The second-order valence-corrected chi connectivity index (χ2v) is 5.33. The minimum Gasteiger partial charge on any atom is -0.402 e. The lowest BCUT2D eigenvalue weighted by atomic mass is 9.80. The van der Waals surface area contributed by atoms with Gasteiger partial charge >= 0.3 is 7.32 Å². The highest BCUT2D eigenvalue weighted by Gasteiger charge is 2.18. The molecule has 18 heavy (non-hydrogen) atoms. The molecule has 0 bridgehead atoms. The minimum absolute atomic E-state index is 0.157. The highest BCUT2D eigenvalue weighted by molar-refractivity contribution is 6.32. The van der Waals surface area contributed by atoms with E-state index in [-0.39, 0.29) is 5.41 Å². The molecule has 0 rings (SSSR count). The van der Waals surface area contributed by atoms with Crippen LogP contribution in [0.3, 0.4) is 0 Å². The van der Waals surface area contributed by atoms with Crippen molar-refractivity contribution in [1.82, 2.24) is 0 Å². The second kappa shape index (κ2) is 9.37. The lowest BCUT2D eigenvalue weighted by Gasteiger charge is -2.25. The molecule has 0 aliphatic heterocycles. The summed E-state index contributed by atoms with van der Waals surface area (Å²) >= 11 is 0. The van der Waals surface area contributed by atoms with Crippen LogP contribution in [0.2, 0.25) is 0 Å². The lowest BCUT2D eigenvalue weighted by molar-refractivity contribution is 0.179. The molecule has 0 aromatic rings. The summed E-state index contributed by atoms with van der Waals surface area (Å²) < 4.78 is 4.68. The average molecular weight is 254 g/mol. The van der Waals surface area contributed by atoms with Gasteiger partial charge in [-0.15, -0.1) is 6.58 Å². The summed E-state index contributed by atoms with van der Waals surface area (Å²) in [5.41, 5.74) is 1.51. The van der Waals surface area contributed by atoms with Gasteiger partial charge in [-0.05, 0) is 44.9 Å². The van der Waals surface area contributed by atoms with Gasteiger partial charge in [-0.2, -0.15) is 0 Å². The Kier molecular flexibility index (Phi) is 9.07. The molecule has 0 aliphatic rings. The van der Waals surface area contributed by atoms with E-state index in [0.29, 0.717) is 6.61 Å². The largest absolute Gasteiger partial charge is 0.633 e. The zero-order valence-corrected chi connectivity index (χ0v) is 12.0. The maximum Gasteiger partial charge on any atom is 0.633 e. The van der Waals surface area contributed by atoms with Gasteiger partial charge in [-0.1, -0.05) is 31.1 Å². The molecule has 0 fully saturated rings. The summed E-state index contributed by atoms with van der Waals surface area (Å²) in [5.74, 6) is 0. The van der Waals surface area contributed by atoms with Crippen molar-refractivity contribution in [3.8, 4) is 0 Å². The first-order valence-corrected chi connectivity index (χ1v) is 6.64. The van der Waals surface area contributed by atoms with Crippen LogP contribution in [0.15, 0.2) is 24.3 Å². The third-order valence-electron chi connectivity index (χ3n) is 3.17. The van der Waals surface area contributed by atoms with Crippen molar-refractivity contribution in [2.75, 3.05) is 6.61 Å². The SMILES string of the molecule is C=CC(C)(CCC=C(C)C)CCCCOB(O)O. The number of unbranched alkanes of at least 4 members (excludes halogenated alkanes) is 1. The molecule has 3 nitrogen and oxygen atoms in total. The van der Waals surface area contributed by atoms with Gasteiger partial charge in [-0.3, -0.25) is 0 Å². The highest BCUT2D eigenvalue weighted by atomic mass is 16.6. The summed E-state index contributed by atoms with van der Waals surface area (Å²) in [6.07, 6.45) is 9.37. The Morgan fingerprint density at radius 3 is 2.44 bits per heavy atom. The van der Waals surface area contributed by atoms with E-state index < -0.39 is 7.32 Å². The van der Waals surface area contributed by atoms with Gasteiger partial charge < -0.3 is 14.7 Å². The minimum atomic E-state index is -1.64. The van der Waals surface area contributed by atoms with E-state index in [1.165, 1.54) is 5.57 Å². The summed E-state index contributed by atoms with van der Waals surface area (Å²) in [5, 5.41) is 17.1. The Bertz CT molecular complexity index is 260. The number of hydrogen-bond acceptors (Lipinski definition) is 3. The van der Waals surface area contributed by atoms with Gasteiger partial charge in [0.2, 0.25) is 0 Å². The molecule has 0 radical (unpaired) electrons. The zero-order valence-electron chi connectivity index (χ0n) is 12.0. The first-order chi connectivity index (χ1) is 8.39. The smallest absolute Gasteiger partial charge is 0.402 e. The van der Waals surface area contributed by atoms with Gasteiger partial charge in [0.15, 0.2) is 0 Å². The predicted octanol–water partition coefficient (Wildman–Crippen LogP) is 3.08. The van der Waals surface area contributed by atoms with Gasteiger partial charge in [0, 0.05) is 6.61 Å². The Balaban J connectivity index is 3.85. The van der Waals surface area contributed by atoms with Crippen molar-refractivity contribution < 1.29 is 14.7 Å². The van der Waals surface area contributed by atoms with Crippen LogP contribution < -0.4 is 0 Å². The molecule has 1 unspecified atom stereocenters. The van der Waals surface area contributed by atoms with Crippen LogP contribution in [0.5, 0.6) is 0 Å². The van der Waals surface area contributed by atoms with Gasteiger partial charge in [-0.25, -0.2) is 0 Å². The van der Waals surface area contributed by atoms with E-state index in [0.717, 1.165) is 32.1 Å². The lowest BCUT2D eigenvalue weighted by Crippen LogP contribution is -2.18. The Labute approximate surface area is 112 Å². The van der Waals surface area contributed by atoms with Crippen molar-refractivity contribution in [2.45, 2.75) is 52.9 Å². The Morgan fingerprint density at radius 1 is 1.28 bits per heavy atom. The third-order valence-corrected chi connectivity index (χ3v) is 3.17. The van der Waals surface area contributed by atoms with Gasteiger partial charge in [0.1, 0.15) is 0 Å². The summed E-state index contributed by atoms with van der Waals surface area (Å²) in [6.45, 7) is 10.8. The van der Waals surface area contributed by atoms with Crippen LogP contribution >= 0.6 is 0 Å². The topological polar surface area (TPSA) is 49.7 Å². The van der Waals surface area contributed by atoms with Crippen molar-refractivity contribution in [3.05, 3.63) is 24.3 Å². The fourth-order valence-corrected chi connectivity index (χ4v) is 1.84. The van der Waals surface area contributed by atoms with Crippen LogP contribution in [-0.2, 0) is 4.65 Å². The van der Waals surface area contributed by atoms with Gasteiger partial charge in [0.25, 0.3) is 0 Å². The van der Waals surface area contributed by atoms with E-state index in [1.54, 1.807) is 0 Å². The first-order valence-electron chi connectivity index (χ1n) is 6.64. The second-order valence-electron chi connectivity index (χ2n) is 5.33. The van der Waals surface area contributed by atoms with Crippen LogP contribution in [0, 0.1) is 5.41 Å². The molecular formula is C14H27BO3. The molecule has 1 atom stereocenters. The third kappa shape index (κ3) is 9.45. The fourth-order valence-electron chi connectivity index (χ4n) is 1.84. The molecular weight excluding hydrogens is 227 g/mol. The Morgan fingerprint density at radius 2 is 1.94 bits per heavy atom. The van der Waals surface area contributed by atoms with E-state index in [9.17, 15) is 0 Å². The maximum absolute atomic E-state index is 8.54. The van der Waals surface area contributed by atoms with Crippen molar-refractivity contribution in [3.63, 3.8) is 0 Å². The van der Waals surface area contributed by atoms with Crippen molar-refractivity contribution in [2.24, 2.45) is 5.41 Å². The van der Waals surface area contributed by atoms with Crippen LogP contribution in [0.4, 0.5) is 0 Å². The summed E-state index contributed by atoms with van der Waals surface area (Å²) in [6, 6.07) is 0. The van der Waals surface area contributed by atoms with E-state index in [2.05, 4.69) is 38.1 Å². The normalized spacial score (nSPS) is 13.8. The molecule has 0 amide bonds. The van der Waals surface area contributed by atoms with Crippen molar-refractivity contribution >= 4 is 7.32 Å².